The van der Waals surface area contributed by atoms with Gasteiger partial charge in [0.2, 0.25) is 0 Å². The Hall–Kier alpha value is -2.48. The zero-order chi connectivity index (χ0) is 16.6. The third kappa shape index (κ3) is 3.02. The molecule has 23 heavy (non-hydrogen) atoms. The first-order chi connectivity index (χ1) is 10.9. The van der Waals surface area contributed by atoms with Crippen LogP contribution in [0.5, 0.6) is 0 Å². The minimum Gasteiger partial charge on any atom is -0.419 e. The maximum atomic E-state index is 11.9. The largest absolute Gasteiger partial charge is 0.419 e. The van der Waals surface area contributed by atoms with Crippen molar-refractivity contribution in [3.05, 3.63) is 40.8 Å². The summed E-state index contributed by atoms with van der Waals surface area (Å²) in [6, 6.07) is 3.52. The van der Waals surface area contributed by atoms with Gasteiger partial charge in [0, 0.05) is 32.4 Å². The summed E-state index contributed by atoms with van der Waals surface area (Å²) in [5.41, 5.74) is 1.79. The Balaban J connectivity index is 1.90. The zero-order valence-electron chi connectivity index (χ0n) is 12.3. The van der Waals surface area contributed by atoms with Gasteiger partial charge in [-0.3, -0.25) is 9.97 Å². The summed E-state index contributed by atoms with van der Waals surface area (Å²) in [5.74, 6) is -2.74. The van der Waals surface area contributed by atoms with Crippen molar-refractivity contribution in [2.75, 3.05) is 5.32 Å². The number of cyclic esters (lactones) is 2. The lowest BCUT2D eigenvalue weighted by atomic mass is 10.2. The fraction of sp³-hybridized carbons (Fsp3) is 0.200. The fourth-order valence-electron chi connectivity index (χ4n) is 2.04. The van der Waals surface area contributed by atoms with E-state index in [0.717, 1.165) is 5.52 Å². The van der Waals surface area contributed by atoms with E-state index in [1.165, 1.54) is 20.0 Å². The number of rotatable bonds is 2. The lowest BCUT2D eigenvalue weighted by molar-refractivity contribution is -0.222. The molecule has 1 aliphatic heterocycles. The molecule has 0 aliphatic carbocycles. The molecule has 2 heterocycles. The number of nitrogens with zero attached hydrogens (tertiary/aromatic N) is 2. The van der Waals surface area contributed by atoms with Crippen LogP contribution in [0.2, 0.25) is 0 Å². The Morgan fingerprint density at radius 1 is 1.13 bits per heavy atom. The molecule has 1 saturated heterocycles. The first-order valence-corrected chi connectivity index (χ1v) is 7.49. The maximum Gasteiger partial charge on any atom is 0.350 e. The molecular weight excluding hydrogens is 366 g/mol. The van der Waals surface area contributed by atoms with E-state index >= 15 is 0 Å². The minimum absolute atomic E-state index is 0.213. The van der Waals surface area contributed by atoms with Gasteiger partial charge in [0.15, 0.2) is 5.57 Å². The number of carbonyl (C=O) groups excluding carboxylic acids is 2. The number of carbonyl (C=O) groups is 2. The molecule has 0 saturated carbocycles. The van der Waals surface area contributed by atoms with Gasteiger partial charge in [-0.05, 0) is 28.1 Å². The van der Waals surface area contributed by atoms with Crippen LogP contribution in [0.15, 0.2) is 40.8 Å². The van der Waals surface area contributed by atoms with Gasteiger partial charge in [-0.25, -0.2) is 9.59 Å². The quantitative estimate of drug-likeness (QED) is 0.488. The summed E-state index contributed by atoms with van der Waals surface area (Å²) < 4.78 is 10.7. The Morgan fingerprint density at radius 2 is 1.78 bits per heavy atom. The Bertz CT molecular complexity index is 826. The number of benzene rings is 1. The lowest BCUT2D eigenvalue weighted by Gasteiger charge is -2.29. The summed E-state index contributed by atoms with van der Waals surface area (Å²) in [7, 11) is 0. The van der Waals surface area contributed by atoms with Crippen LogP contribution < -0.4 is 5.32 Å². The number of ether oxygens (including phenoxy) is 2. The van der Waals surface area contributed by atoms with Crippen LogP contribution in [0.25, 0.3) is 11.0 Å². The summed E-state index contributed by atoms with van der Waals surface area (Å²) in [5, 5.41) is 2.88. The number of anilines is 1. The van der Waals surface area contributed by atoms with E-state index in [-0.39, 0.29) is 5.57 Å². The van der Waals surface area contributed by atoms with Gasteiger partial charge in [-0.1, -0.05) is 0 Å². The number of hydrogen-bond acceptors (Lipinski definition) is 7. The van der Waals surface area contributed by atoms with Gasteiger partial charge in [-0.2, -0.15) is 0 Å². The molecule has 0 radical (unpaired) electrons. The Kier molecular flexibility index (Phi) is 3.77. The predicted molar refractivity (Wildman–Crippen MR) is 85.2 cm³/mol. The van der Waals surface area contributed by atoms with Crippen molar-refractivity contribution >= 4 is 44.6 Å². The third-order valence-electron chi connectivity index (χ3n) is 3.07. The highest BCUT2D eigenvalue weighted by atomic mass is 79.9. The van der Waals surface area contributed by atoms with Gasteiger partial charge in [0.25, 0.3) is 5.79 Å². The average Bonchev–Trinajstić information content (AvgIpc) is 2.47. The van der Waals surface area contributed by atoms with Gasteiger partial charge in [-0.15, -0.1) is 0 Å². The molecule has 0 spiro atoms. The first kappa shape index (κ1) is 15.4. The van der Waals surface area contributed by atoms with Crippen LogP contribution in [-0.4, -0.2) is 27.7 Å². The van der Waals surface area contributed by atoms with E-state index in [4.69, 9.17) is 9.47 Å². The maximum absolute atomic E-state index is 11.9. The number of hydrogen-bond donors (Lipinski definition) is 1. The van der Waals surface area contributed by atoms with Crippen molar-refractivity contribution in [3.8, 4) is 0 Å². The molecule has 0 unspecified atom stereocenters. The second kappa shape index (κ2) is 5.62. The fourth-order valence-corrected chi connectivity index (χ4v) is 2.59. The van der Waals surface area contributed by atoms with E-state index in [2.05, 4.69) is 31.2 Å². The second-order valence-electron chi connectivity index (χ2n) is 5.23. The molecule has 0 atom stereocenters. The first-order valence-electron chi connectivity index (χ1n) is 6.70. The van der Waals surface area contributed by atoms with Gasteiger partial charge < -0.3 is 14.8 Å². The third-order valence-corrected chi connectivity index (χ3v) is 3.87. The van der Waals surface area contributed by atoms with Crippen molar-refractivity contribution in [1.82, 2.24) is 9.97 Å². The normalized spacial score (nSPS) is 16.7. The van der Waals surface area contributed by atoms with Crippen LogP contribution in [0.4, 0.5) is 5.69 Å². The molecule has 118 valence electrons. The number of fused-ring (bicyclic) bond motifs is 1. The summed E-state index contributed by atoms with van der Waals surface area (Å²) >= 11 is 3.43. The molecule has 1 fully saturated rings. The van der Waals surface area contributed by atoms with Crippen molar-refractivity contribution < 1.29 is 19.1 Å². The van der Waals surface area contributed by atoms with Gasteiger partial charge >= 0.3 is 11.9 Å². The monoisotopic (exact) mass is 377 g/mol. The SMILES string of the molecule is CC1(C)OC(=O)C(=CNc2ccc3nccnc3c2Br)C(=O)O1. The molecule has 3 rings (SSSR count). The number of halogens is 1. The van der Waals surface area contributed by atoms with E-state index in [1.807, 2.05) is 0 Å². The highest BCUT2D eigenvalue weighted by Crippen LogP contribution is 2.29. The standard InChI is InChI=1S/C15H12BrN3O4/c1-15(2)22-13(20)8(14(21)23-15)7-19-9-3-4-10-12(11(9)16)18-6-5-17-10/h3-7,19H,1-2H3. The van der Waals surface area contributed by atoms with E-state index < -0.39 is 17.7 Å². The van der Waals surface area contributed by atoms with Crippen LogP contribution in [0.1, 0.15) is 13.8 Å². The average molecular weight is 378 g/mol. The topological polar surface area (TPSA) is 90.4 Å². The van der Waals surface area contributed by atoms with Crippen LogP contribution in [-0.2, 0) is 19.1 Å². The second-order valence-corrected chi connectivity index (χ2v) is 6.03. The summed E-state index contributed by atoms with van der Waals surface area (Å²) in [4.78, 5) is 32.2. The number of nitrogens with one attached hydrogen (secondary N) is 1. The highest BCUT2D eigenvalue weighted by molar-refractivity contribution is 9.10. The molecule has 1 N–H and O–H groups in total. The van der Waals surface area contributed by atoms with Crippen LogP contribution in [0.3, 0.4) is 0 Å². The Morgan fingerprint density at radius 3 is 2.48 bits per heavy atom. The molecule has 7 nitrogen and oxygen atoms in total. The van der Waals surface area contributed by atoms with Crippen molar-refractivity contribution in [2.24, 2.45) is 0 Å². The zero-order valence-corrected chi connectivity index (χ0v) is 13.9. The number of esters is 2. The van der Waals surface area contributed by atoms with Gasteiger partial charge in [0.1, 0.15) is 5.52 Å². The summed E-state index contributed by atoms with van der Waals surface area (Å²) in [6.07, 6.45) is 4.43. The van der Waals surface area contributed by atoms with E-state index in [1.54, 1.807) is 24.5 Å². The van der Waals surface area contributed by atoms with Crippen LogP contribution >= 0.6 is 15.9 Å². The molecule has 2 aromatic rings. The molecule has 1 aliphatic rings. The van der Waals surface area contributed by atoms with Crippen molar-refractivity contribution in [1.29, 1.82) is 0 Å². The lowest BCUT2D eigenvalue weighted by Crippen LogP contribution is -2.42. The van der Waals surface area contributed by atoms with Crippen molar-refractivity contribution in [3.63, 3.8) is 0 Å². The Labute approximate surface area is 139 Å². The van der Waals surface area contributed by atoms with Crippen LogP contribution in [0, 0.1) is 0 Å². The van der Waals surface area contributed by atoms with Gasteiger partial charge in [0.05, 0.1) is 15.7 Å². The van der Waals surface area contributed by atoms with E-state index in [9.17, 15) is 9.59 Å². The number of aromatic nitrogens is 2. The summed E-state index contributed by atoms with van der Waals surface area (Å²) in [6.45, 7) is 2.98. The highest BCUT2D eigenvalue weighted by Gasteiger charge is 2.38. The van der Waals surface area contributed by atoms with E-state index in [0.29, 0.717) is 15.7 Å². The molecule has 8 heteroatoms. The minimum atomic E-state index is -1.26. The predicted octanol–water partition coefficient (Wildman–Crippen LogP) is 2.52. The van der Waals surface area contributed by atoms with Crippen molar-refractivity contribution in [2.45, 2.75) is 19.6 Å². The molecule has 1 aromatic carbocycles. The molecule has 0 amide bonds. The molecule has 1 aromatic heterocycles. The molecule has 0 bridgehead atoms. The molecular formula is C15H12BrN3O4. The smallest absolute Gasteiger partial charge is 0.350 e.